The van der Waals surface area contributed by atoms with Crippen LogP contribution in [-0.4, -0.2) is 72.6 Å². The van der Waals surface area contributed by atoms with Gasteiger partial charge in [0, 0.05) is 36.9 Å². The smallest absolute Gasteiger partial charge is 0.165 e. The lowest BCUT2D eigenvalue weighted by atomic mass is 9.91. The van der Waals surface area contributed by atoms with Crippen molar-refractivity contribution in [2.75, 3.05) is 39.6 Å². The van der Waals surface area contributed by atoms with E-state index in [-0.39, 0.29) is 50.1 Å². The highest BCUT2D eigenvalue weighted by Gasteiger charge is 2.38. The van der Waals surface area contributed by atoms with Crippen molar-refractivity contribution in [3.8, 4) is 0 Å². The van der Waals surface area contributed by atoms with Gasteiger partial charge in [0.05, 0.1) is 26.4 Å². The minimum Gasteiger partial charge on any atom is -0.396 e. The Labute approximate surface area is 124 Å². The summed E-state index contributed by atoms with van der Waals surface area (Å²) in [5.41, 5.74) is 0. The first-order valence-corrected chi connectivity index (χ1v) is 7.53. The lowest BCUT2D eigenvalue weighted by molar-refractivity contribution is -0.312. The molecular formula is C14H26O7. The van der Waals surface area contributed by atoms with Gasteiger partial charge in [0.1, 0.15) is 0 Å². The molecule has 0 aromatic heterocycles. The van der Waals surface area contributed by atoms with Gasteiger partial charge >= 0.3 is 0 Å². The summed E-state index contributed by atoms with van der Waals surface area (Å²) in [5, 5.41) is 37.2. The highest BCUT2D eigenvalue weighted by atomic mass is 16.8. The first kappa shape index (κ1) is 17.1. The van der Waals surface area contributed by atoms with E-state index in [1.54, 1.807) is 0 Å². The van der Waals surface area contributed by atoms with Crippen LogP contribution in [0.25, 0.3) is 0 Å². The van der Waals surface area contributed by atoms with E-state index in [2.05, 4.69) is 0 Å². The molecule has 2 saturated heterocycles. The second-order valence-electron chi connectivity index (χ2n) is 5.99. The predicted molar refractivity (Wildman–Crippen MR) is 72.1 cm³/mol. The molecule has 0 spiro atoms. The van der Waals surface area contributed by atoms with Crippen molar-refractivity contribution >= 4 is 0 Å². The van der Waals surface area contributed by atoms with Crippen LogP contribution in [-0.2, 0) is 14.2 Å². The molecule has 7 nitrogen and oxygen atoms in total. The monoisotopic (exact) mass is 306 g/mol. The van der Waals surface area contributed by atoms with E-state index in [1.807, 2.05) is 0 Å². The SMILES string of the molecule is OCC1COC(OC2OCC(CO)CC2CO)C(CO)C1. The van der Waals surface area contributed by atoms with Gasteiger partial charge in [-0.05, 0) is 12.8 Å². The third kappa shape index (κ3) is 4.35. The van der Waals surface area contributed by atoms with Gasteiger partial charge in [-0.25, -0.2) is 0 Å². The third-order valence-electron chi connectivity index (χ3n) is 4.29. The van der Waals surface area contributed by atoms with Gasteiger partial charge in [0.25, 0.3) is 0 Å². The summed E-state index contributed by atoms with van der Waals surface area (Å²) in [6.07, 6.45) is 0.0750. The van der Waals surface area contributed by atoms with Gasteiger partial charge in [-0.15, -0.1) is 0 Å². The van der Waals surface area contributed by atoms with Crippen molar-refractivity contribution in [1.29, 1.82) is 0 Å². The molecule has 2 fully saturated rings. The second-order valence-corrected chi connectivity index (χ2v) is 5.99. The quantitative estimate of drug-likeness (QED) is 0.495. The van der Waals surface area contributed by atoms with Gasteiger partial charge in [-0.2, -0.15) is 0 Å². The Balaban J connectivity index is 1.90. The number of hydrogen-bond acceptors (Lipinski definition) is 7. The number of aliphatic hydroxyl groups is 4. The van der Waals surface area contributed by atoms with Crippen LogP contribution in [0.4, 0.5) is 0 Å². The highest BCUT2D eigenvalue weighted by Crippen LogP contribution is 2.31. The normalized spacial score (nSPS) is 41.1. The zero-order valence-corrected chi connectivity index (χ0v) is 12.1. The lowest BCUT2D eigenvalue weighted by Crippen LogP contribution is -2.46. The molecule has 7 heteroatoms. The summed E-state index contributed by atoms with van der Waals surface area (Å²) in [6.45, 7) is 0.649. The zero-order valence-electron chi connectivity index (χ0n) is 12.1. The fourth-order valence-corrected chi connectivity index (χ4v) is 2.96. The standard InChI is InChI=1S/C14H26O7/c15-3-9-1-11(5-17)13(19-7-9)21-14-12(6-18)2-10(4-16)8-20-14/h9-18H,1-8H2. The summed E-state index contributed by atoms with van der Waals surface area (Å²) < 4.78 is 17.0. The van der Waals surface area contributed by atoms with Crippen molar-refractivity contribution in [3.05, 3.63) is 0 Å². The molecule has 0 radical (unpaired) electrons. The fraction of sp³-hybridized carbons (Fsp3) is 1.00. The van der Waals surface area contributed by atoms with Crippen LogP contribution in [0.2, 0.25) is 0 Å². The number of aliphatic hydroxyl groups excluding tert-OH is 4. The van der Waals surface area contributed by atoms with Crippen molar-refractivity contribution < 1.29 is 34.6 Å². The molecule has 124 valence electrons. The highest BCUT2D eigenvalue weighted by molar-refractivity contribution is 4.78. The summed E-state index contributed by atoms with van der Waals surface area (Å²) in [6, 6.07) is 0. The van der Waals surface area contributed by atoms with Crippen LogP contribution < -0.4 is 0 Å². The maximum absolute atomic E-state index is 9.44. The topological polar surface area (TPSA) is 109 Å². The molecule has 2 aliphatic rings. The van der Waals surface area contributed by atoms with Gasteiger partial charge < -0.3 is 34.6 Å². The summed E-state index contributed by atoms with van der Waals surface area (Å²) in [7, 11) is 0. The average Bonchev–Trinajstić information content (AvgIpc) is 2.55. The Bertz CT molecular complexity index is 273. The molecule has 0 aromatic rings. The fourth-order valence-electron chi connectivity index (χ4n) is 2.96. The van der Waals surface area contributed by atoms with Crippen LogP contribution in [0.3, 0.4) is 0 Å². The van der Waals surface area contributed by atoms with Gasteiger partial charge in [-0.3, -0.25) is 0 Å². The summed E-state index contributed by atoms with van der Waals surface area (Å²) in [5.74, 6) is -0.396. The van der Waals surface area contributed by atoms with Crippen molar-refractivity contribution in [3.63, 3.8) is 0 Å². The Hall–Kier alpha value is -0.280. The molecule has 0 aliphatic carbocycles. The first-order valence-electron chi connectivity index (χ1n) is 7.53. The van der Waals surface area contributed by atoms with E-state index in [1.165, 1.54) is 0 Å². The van der Waals surface area contributed by atoms with E-state index in [4.69, 9.17) is 24.4 Å². The predicted octanol–water partition coefficient (Wildman–Crippen LogP) is -1.07. The van der Waals surface area contributed by atoms with Crippen LogP contribution in [0.5, 0.6) is 0 Å². The van der Waals surface area contributed by atoms with E-state index >= 15 is 0 Å². The molecule has 6 unspecified atom stereocenters. The van der Waals surface area contributed by atoms with Crippen LogP contribution >= 0.6 is 0 Å². The molecule has 2 rings (SSSR count). The second kappa shape index (κ2) is 8.38. The third-order valence-corrected chi connectivity index (χ3v) is 4.29. The molecule has 0 aromatic carbocycles. The maximum atomic E-state index is 9.44. The number of hydrogen-bond donors (Lipinski definition) is 4. The molecule has 2 aliphatic heterocycles. The lowest BCUT2D eigenvalue weighted by Gasteiger charge is -2.40. The van der Waals surface area contributed by atoms with E-state index < -0.39 is 12.6 Å². The maximum Gasteiger partial charge on any atom is 0.165 e. The number of ether oxygens (including phenoxy) is 3. The Kier molecular flexibility index (Phi) is 6.81. The van der Waals surface area contributed by atoms with Crippen LogP contribution in [0, 0.1) is 23.7 Å². The van der Waals surface area contributed by atoms with E-state index in [0.29, 0.717) is 26.1 Å². The van der Waals surface area contributed by atoms with Crippen LogP contribution in [0.15, 0.2) is 0 Å². The minimum atomic E-state index is -0.595. The molecular weight excluding hydrogens is 280 g/mol. The van der Waals surface area contributed by atoms with E-state index in [0.717, 1.165) is 0 Å². The molecule has 6 atom stereocenters. The number of rotatable bonds is 6. The van der Waals surface area contributed by atoms with Crippen LogP contribution in [0.1, 0.15) is 12.8 Å². The van der Waals surface area contributed by atoms with Crippen molar-refractivity contribution in [2.24, 2.45) is 23.7 Å². The Morgan fingerprint density at radius 2 is 1.14 bits per heavy atom. The molecule has 0 amide bonds. The summed E-state index contributed by atoms with van der Waals surface area (Å²) >= 11 is 0. The first-order chi connectivity index (χ1) is 10.2. The van der Waals surface area contributed by atoms with Gasteiger partial charge in [-0.1, -0.05) is 0 Å². The average molecular weight is 306 g/mol. The van der Waals surface area contributed by atoms with Gasteiger partial charge in [0.2, 0.25) is 0 Å². The van der Waals surface area contributed by atoms with Gasteiger partial charge in [0.15, 0.2) is 12.6 Å². The van der Waals surface area contributed by atoms with Crippen molar-refractivity contribution in [2.45, 2.75) is 25.4 Å². The Morgan fingerprint density at radius 3 is 1.48 bits per heavy atom. The largest absolute Gasteiger partial charge is 0.396 e. The molecule has 4 N–H and O–H groups in total. The van der Waals surface area contributed by atoms with Crippen molar-refractivity contribution in [1.82, 2.24) is 0 Å². The molecule has 0 saturated carbocycles. The van der Waals surface area contributed by atoms with E-state index in [9.17, 15) is 10.2 Å². The Morgan fingerprint density at radius 1 is 0.714 bits per heavy atom. The molecule has 21 heavy (non-hydrogen) atoms. The minimum absolute atomic E-state index is 0.0154. The summed E-state index contributed by atoms with van der Waals surface area (Å²) in [4.78, 5) is 0. The molecule has 2 heterocycles. The zero-order chi connectivity index (χ0) is 15.2. The molecule has 0 bridgehead atoms.